The number of anilines is 1. The number of halogens is 1. The highest BCUT2D eigenvalue weighted by atomic mass is 35.5. The second kappa shape index (κ2) is 8.24. The lowest BCUT2D eigenvalue weighted by Gasteiger charge is -2.10. The molecule has 0 fully saturated rings. The fourth-order valence-corrected chi connectivity index (χ4v) is 3.38. The van der Waals surface area contributed by atoms with Crippen LogP contribution in [0.15, 0.2) is 64.4 Å². The highest BCUT2D eigenvalue weighted by Crippen LogP contribution is 2.33. The average molecular weight is 403 g/mol. The van der Waals surface area contributed by atoms with Crippen LogP contribution >= 0.6 is 23.4 Å². The van der Waals surface area contributed by atoms with Crippen LogP contribution < -0.4 is 5.32 Å². The Bertz CT molecular complexity index is 989. The Morgan fingerprint density at radius 2 is 1.96 bits per heavy atom. The van der Waals surface area contributed by atoms with E-state index in [1.807, 2.05) is 30.3 Å². The van der Waals surface area contributed by atoms with Crippen LogP contribution in [-0.4, -0.2) is 20.6 Å². The molecule has 7 nitrogen and oxygen atoms in total. The van der Waals surface area contributed by atoms with Crippen molar-refractivity contribution < 1.29 is 9.72 Å². The van der Waals surface area contributed by atoms with Crippen LogP contribution in [-0.2, 0) is 11.3 Å². The standard InChI is InChI=1S/C18H15ClN4O3S/c1-12-10-17(23(25)26)21-22(12)11-18(24)20-15-4-2-3-5-16(15)27-14-8-6-13(19)7-9-14/h2-10H,11H2,1H3,(H,20,24). The molecule has 0 aliphatic rings. The summed E-state index contributed by atoms with van der Waals surface area (Å²) in [5.74, 6) is -0.598. The van der Waals surface area contributed by atoms with Gasteiger partial charge in [0.05, 0.1) is 22.5 Å². The number of hydrogen-bond acceptors (Lipinski definition) is 5. The van der Waals surface area contributed by atoms with E-state index in [4.69, 9.17) is 11.6 Å². The molecule has 0 aliphatic carbocycles. The van der Waals surface area contributed by atoms with Gasteiger partial charge in [-0.05, 0) is 48.2 Å². The minimum Gasteiger partial charge on any atom is -0.358 e. The molecule has 1 amide bonds. The van der Waals surface area contributed by atoms with E-state index in [1.54, 1.807) is 25.1 Å². The molecule has 27 heavy (non-hydrogen) atoms. The first-order chi connectivity index (χ1) is 12.9. The lowest BCUT2D eigenvalue weighted by atomic mass is 10.3. The predicted octanol–water partition coefficient (Wildman–Crippen LogP) is 4.54. The Morgan fingerprint density at radius 3 is 2.63 bits per heavy atom. The summed E-state index contributed by atoms with van der Waals surface area (Å²) >= 11 is 7.41. The molecule has 3 rings (SSSR count). The molecular formula is C18H15ClN4O3S. The van der Waals surface area contributed by atoms with Gasteiger partial charge in [0.2, 0.25) is 5.91 Å². The summed E-state index contributed by atoms with van der Waals surface area (Å²) in [5.41, 5.74) is 1.20. The van der Waals surface area contributed by atoms with E-state index in [1.165, 1.54) is 22.5 Å². The summed E-state index contributed by atoms with van der Waals surface area (Å²) in [4.78, 5) is 24.5. The van der Waals surface area contributed by atoms with Gasteiger partial charge < -0.3 is 15.4 Å². The first-order valence-corrected chi connectivity index (χ1v) is 9.13. The molecule has 2 aromatic carbocycles. The zero-order valence-electron chi connectivity index (χ0n) is 14.3. The maximum atomic E-state index is 12.4. The van der Waals surface area contributed by atoms with Gasteiger partial charge in [-0.3, -0.25) is 4.79 Å². The number of carbonyl (C=O) groups excluding carboxylic acids is 1. The van der Waals surface area contributed by atoms with Crippen molar-refractivity contribution in [1.82, 2.24) is 9.78 Å². The minimum absolute atomic E-state index is 0.111. The molecule has 0 atom stereocenters. The Balaban J connectivity index is 1.73. The van der Waals surface area contributed by atoms with Crippen LogP contribution in [0.2, 0.25) is 5.02 Å². The van der Waals surface area contributed by atoms with Crippen molar-refractivity contribution in [2.75, 3.05) is 5.32 Å². The van der Waals surface area contributed by atoms with Crippen molar-refractivity contribution in [2.24, 2.45) is 0 Å². The molecule has 0 unspecified atom stereocenters. The molecule has 1 N–H and O–H groups in total. The second-order valence-electron chi connectivity index (χ2n) is 5.66. The summed E-state index contributed by atoms with van der Waals surface area (Å²) in [5, 5.41) is 18.1. The van der Waals surface area contributed by atoms with Crippen LogP contribution in [0.3, 0.4) is 0 Å². The third-order valence-corrected chi connectivity index (χ3v) is 4.99. The molecule has 1 heterocycles. The van der Waals surface area contributed by atoms with E-state index in [0.29, 0.717) is 16.4 Å². The zero-order chi connectivity index (χ0) is 19.4. The van der Waals surface area contributed by atoms with E-state index in [2.05, 4.69) is 10.4 Å². The summed E-state index contributed by atoms with van der Waals surface area (Å²) in [6.45, 7) is 1.55. The molecular weight excluding hydrogens is 388 g/mol. The summed E-state index contributed by atoms with van der Waals surface area (Å²) in [6.07, 6.45) is 0. The van der Waals surface area contributed by atoms with Gasteiger partial charge in [-0.15, -0.1) is 0 Å². The lowest BCUT2D eigenvalue weighted by molar-refractivity contribution is -0.389. The number of carbonyl (C=O) groups is 1. The van der Waals surface area contributed by atoms with Crippen molar-refractivity contribution >= 4 is 40.8 Å². The molecule has 0 aliphatic heterocycles. The topological polar surface area (TPSA) is 90.1 Å². The number of para-hydroxylation sites is 1. The van der Waals surface area contributed by atoms with Gasteiger partial charge >= 0.3 is 5.82 Å². The highest BCUT2D eigenvalue weighted by Gasteiger charge is 2.18. The van der Waals surface area contributed by atoms with E-state index >= 15 is 0 Å². The monoisotopic (exact) mass is 402 g/mol. The summed E-state index contributed by atoms with van der Waals surface area (Å²) in [6, 6.07) is 16.2. The number of benzene rings is 2. The first kappa shape index (κ1) is 18.9. The lowest BCUT2D eigenvalue weighted by Crippen LogP contribution is -2.20. The smallest absolute Gasteiger partial charge is 0.358 e. The second-order valence-corrected chi connectivity index (χ2v) is 7.21. The molecule has 0 bridgehead atoms. The average Bonchev–Trinajstić information content (AvgIpc) is 2.99. The summed E-state index contributed by atoms with van der Waals surface area (Å²) < 4.78 is 1.31. The van der Waals surface area contributed by atoms with Crippen molar-refractivity contribution in [3.63, 3.8) is 0 Å². The van der Waals surface area contributed by atoms with Crippen LogP contribution in [0.4, 0.5) is 11.5 Å². The highest BCUT2D eigenvalue weighted by molar-refractivity contribution is 7.99. The van der Waals surface area contributed by atoms with Gasteiger partial charge in [0.25, 0.3) is 0 Å². The number of nitrogens with zero attached hydrogens (tertiary/aromatic N) is 3. The third kappa shape index (κ3) is 4.87. The Labute approximate surface area is 164 Å². The van der Waals surface area contributed by atoms with E-state index in [0.717, 1.165) is 9.79 Å². The number of hydrogen-bond donors (Lipinski definition) is 1. The van der Waals surface area contributed by atoms with Crippen LogP contribution in [0, 0.1) is 17.0 Å². The van der Waals surface area contributed by atoms with E-state index in [-0.39, 0.29) is 18.3 Å². The normalized spacial score (nSPS) is 10.6. The number of rotatable bonds is 6. The Morgan fingerprint density at radius 1 is 1.26 bits per heavy atom. The van der Waals surface area contributed by atoms with Crippen LogP contribution in [0.25, 0.3) is 0 Å². The number of aryl methyl sites for hydroxylation is 1. The van der Waals surface area contributed by atoms with Crippen molar-refractivity contribution in [2.45, 2.75) is 23.3 Å². The number of nitrogens with one attached hydrogen (secondary N) is 1. The van der Waals surface area contributed by atoms with Gasteiger partial charge in [-0.2, -0.15) is 4.68 Å². The summed E-state index contributed by atoms with van der Waals surface area (Å²) in [7, 11) is 0. The molecule has 0 saturated carbocycles. The SMILES string of the molecule is Cc1cc([N+](=O)[O-])nn1CC(=O)Nc1ccccc1Sc1ccc(Cl)cc1. The largest absolute Gasteiger partial charge is 0.390 e. The predicted molar refractivity (Wildman–Crippen MR) is 104 cm³/mol. The number of aromatic nitrogens is 2. The van der Waals surface area contributed by atoms with Crippen molar-refractivity contribution in [3.05, 3.63) is 75.4 Å². The van der Waals surface area contributed by atoms with Gasteiger partial charge in [0.1, 0.15) is 6.54 Å². The molecule has 138 valence electrons. The fourth-order valence-electron chi connectivity index (χ4n) is 2.36. The van der Waals surface area contributed by atoms with Crippen LogP contribution in [0.1, 0.15) is 5.69 Å². The third-order valence-electron chi connectivity index (χ3n) is 3.65. The molecule has 0 spiro atoms. The Kier molecular flexibility index (Phi) is 5.78. The zero-order valence-corrected chi connectivity index (χ0v) is 15.8. The molecule has 0 radical (unpaired) electrons. The molecule has 9 heteroatoms. The van der Waals surface area contributed by atoms with Gasteiger partial charge in [-0.25, -0.2) is 0 Å². The van der Waals surface area contributed by atoms with Crippen molar-refractivity contribution in [1.29, 1.82) is 0 Å². The Hall–Kier alpha value is -2.84. The maximum absolute atomic E-state index is 12.4. The first-order valence-electron chi connectivity index (χ1n) is 7.93. The van der Waals surface area contributed by atoms with Crippen molar-refractivity contribution in [3.8, 4) is 0 Å². The fraction of sp³-hybridized carbons (Fsp3) is 0.111. The maximum Gasteiger partial charge on any atom is 0.390 e. The van der Waals surface area contributed by atoms with Gasteiger partial charge in [0, 0.05) is 14.8 Å². The molecule has 3 aromatic rings. The van der Waals surface area contributed by atoms with E-state index < -0.39 is 4.92 Å². The minimum atomic E-state index is -0.584. The molecule has 1 aromatic heterocycles. The van der Waals surface area contributed by atoms with Gasteiger partial charge in [0.15, 0.2) is 0 Å². The van der Waals surface area contributed by atoms with E-state index in [9.17, 15) is 14.9 Å². The van der Waals surface area contributed by atoms with Gasteiger partial charge in [-0.1, -0.05) is 35.5 Å². The molecule has 0 saturated heterocycles. The number of amides is 1. The quantitative estimate of drug-likeness (QED) is 0.482. The number of nitro groups is 1. The van der Waals surface area contributed by atoms with Crippen LogP contribution in [0.5, 0.6) is 0 Å².